The minimum Gasteiger partial charge on any atom is -0.507 e. The molecule has 0 aromatic heterocycles. The van der Waals surface area contributed by atoms with Crippen LogP contribution in [0.2, 0.25) is 5.02 Å². The fourth-order valence-electron chi connectivity index (χ4n) is 5.29. The molecule has 0 saturated carbocycles. The zero-order chi connectivity index (χ0) is 26.3. The van der Waals surface area contributed by atoms with Gasteiger partial charge in [0.15, 0.2) is 5.78 Å². The van der Waals surface area contributed by atoms with E-state index in [0.717, 1.165) is 39.4 Å². The van der Waals surface area contributed by atoms with Crippen LogP contribution in [-0.4, -0.2) is 23.0 Å². The fourth-order valence-corrected chi connectivity index (χ4v) is 5.87. The summed E-state index contributed by atoms with van der Waals surface area (Å²) in [4.78, 5) is 16.6. The maximum absolute atomic E-state index is 13.6. The van der Waals surface area contributed by atoms with E-state index in [-0.39, 0.29) is 17.4 Å². The van der Waals surface area contributed by atoms with Crippen LogP contribution in [0.25, 0.3) is 5.76 Å². The molecule has 1 atom stereocenters. The van der Waals surface area contributed by atoms with E-state index < -0.39 is 5.92 Å². The molecule has 1 heterocycles. The summed E-state index contributed by atoms with van der Waals surface area (Å²) < 4.78 is 0. The summed E-state index contributed by atoms with van der Waals surface area (Å²) in [6.45, 7) is 3.92. The Morgan fingerprint density at radius 2 is 1.73 bits per heavy atom. The van der Waals surface area contributed by atoms with Crippen molar-refractivity contribution in [3.63, 3.8) is 0 Å². The third kappa shape index (κ3) is 4.51. The predicted octanol–water partition coefficient (Wildman–Crippen LogP) is 8.24. The molecule has 6 heteroatoms. The van der Waals surface area contributed by atoms with Gasteiger partial charge in [0.05, 0.1) is 5.69 Å². The molecule has 0 saturated heterocycles. The van der Waals surface area contributed by atoms with Crippen molar-refractivity contribution < 1.29 is 9.90 Å². The number of halogens is 1. The molecule has 1 aliphatic heterocycles. The Hall–Kier alpha value is -3.28. The largest absolute Gasteiger partial charge is 0.507 e. The number of rotatable bonds is 4. The van der Waals surface area contributed by atoms with Gasteiger partial charge in [-0.15, -0.1) is 11.8 Å². The van der Waals surface area contributed by atoms with E-state index in [1.54, 1.807) is 11.8 Å². The first-order chi connectivity index (χ1) is 17.8. The monoisotopic (exact) mass is 528 g/mol. The minimum absolute atomic E-state index is 0.0125. The molecule has 0 bridgehead atoms. The molecular formula is C31H29ClN2O2S. The maximum atomic E-state index is 13.6. The van der Waals surface area contributed by atoms with Gasteiger partial charge < -0.3 is 5.11 Å². The number of amidine groups is 1. The highest BCUT2D eigenvalue weighted by atomic mass is 35.5. The Labute approximate surface area is 227 Å². The molecule has 1 unspecified atom stereocenters. The molecule has 0 spiro atoms. The number of hydrogen-bond donors (Lipinski definition) is 2. The fraction of sp³-hybridized carbons (Fsp3) is 0.226. The summed E-state index contributed by atoms with van der Waals surface area (Å²) in [5, 5.41) is 21.8. The first kappa shape index (κ1) is 25.4. The van der Waals surface area contributed by atoms with Gasteiger partial charge in [-0.05, 0) is 68.3 Å². The second-order valence-corrected chi connectivity index (χ2v) is 10.8. The summed E-state index contributed by atoms with van der Waals surface area (Å²) in [5.41, 5.74) is 6.08. The average molecular weight is 529 g/mol. The number of aliphatic hydroxyl groups is 1. The highest BCUT2D eigenvalue weighted by Crippen LogP contribution is 2.48. The van der Waals surface area contributed by atoms with Crippen molar-refractivity contribution >= 4 is 46.4 Å². The lowest BCUT2D eigenvalue weighted by Crippen LogP contribution is -2.42. The molecule has 3 aromatic carbocycles. The Kier molecular flexibility index (Phi) is 7.02. The summed E-state index contributed by atoms with van der Waals surface area (Å²) in [5.74, 6) is -0.302. The predicted molar refractivity (Wildman–Crippen MR) is 154 cm³/mol. The van der Waals surface area contributed by atoms with Crippen LogP contribution >= 0.6 is 23.4 Å². The number of allylic oxidation sites excluding steroid dienone is 2. The number of ketones is 1. The van der Waals surface area contributed by atoms with Crippen molar-refractivity contribution in [2.45, 2.75) is 43.9 Å². The molecule has 0 fully saturated rings. The first-order valence-electron chi connectivity index (χ1n) is 12.4. The van der Waals surface area contributed by atoms with Gasteiger partial charge in [-0.1, -0.05) is 59.6 Å². The molecule has 4 nitrogen and oxygen atoms in total. The second kappa shape index (κ2) is 10.2. The maximum Gasteiger partial charge on any atom is 0.161 e. The number of benzene rings is 3. The number of nitrogens with zero attached hydrogens (tertiary/aromatic N) is 1. The average Bonchev–Trinajstić information content (AvgIpc) is 2.90. The second-order valence-electron chi connectivity index (χ2n) is 9.54. The van der Waals surface area contributed by atoms with Gasteiger partial charge in [-0.3, -0.25) is 15.1 Å². The molecule has 188 valence electrons. The molecule has 2 aliphatic rings. The number of carbonyl (C=O) groups excluding carboxylic acids is 1. The quantitative estimate of drug-likeness (QED) is 0.264. The Bertz CT molecular complexity index is 1460. The Morgan fingerprint density at radius 1 is 1.03 bits per heavy atom. The highest BCUT2D eigenvalue weighted by molar-refractivity contribution is 7.98. The molecule has 0 amide bonds. The molecule has 37 heavy (non-hydrogen) atoms. The number of thioether (sulfide) groups is 1. The molecule has 3 aromatic rings. The normalized spacial score (nSPS) is 19.2. The van der Waals surface area contributed by atoms with Crippen LogP contribution in [0.4, 0.5) is 5.69 Å². The van der Waals surface area contributed by atoms with Gasteiger partial charge in [-0.25, -0.2) is 0 Å². The van der Waals surface area contributed by atoms with Crippen LogP contribution in [-0.2, 0) is 4.79 Å². The lowest BCUT2D eigenvalue weighted by Gasteiger charge is -2.42. The third-order valence-electron chi connectivity index (χ3n) is 7.26. The number of carbonyl (C=O) groups is 1. The van der Waals surface area contributed by atoms with Crippen LogP contribution in [0.15, 0.2) is 88.5 Å². The van der Waals surface area contributed by atoms with E-state index in [9.17, 15) is 15.3 Å². The number of aliphatic hydroxyl groups excluding tert-OH is 1. The third-order valence-corrected chi connectivity index (χ3v) is 8.42. The van der Waals surface area contributed by atoms with Crippen LogP contribution in [0.3, 0.4) is 0 Å². The number of Topliss-reactive ketones (excluding diaryl/α,β-unsaturated/α-hetero) is 1. The number of hydrogen-bond acceptors (Lipinski definition) is 4. The summed E-state index contributed by atoms with van der Waals surface area (Å²) in [7, 11) is 0. The molecule has 0 radical (unpaired) electrons. The zero-order valence-corrected chi connectivity index (χ0v) is 22.7. The lowest BCUT2D eigenvalue weighted by molar-refractivity contribution is -0.116. The van der Waals surface area contributed by atoms with Crippen LogP contribution < -0.4 is 4.90 Å². The van der Waals surface area contributed by atoms with Gasteiger partial charge in [0.25, 0.3) is 0 Å². The standard InChI is InChI=1S/C31H29ClN2O2S/c1-18-10-12-21(13-11-18)30(36)29-27(20-14-16-22(37-3)17-15-20)28-25(8-5-9-26(28)35)34(31(29)33)24-7-4-6-23(32)19(24)2/h4,6-7,10-17,27,33,36H,5,8-9H2,1-3H3/b30-29+,33-31?. The Balaban J connectivity index is 1.83. The topological polar surface area (TPSA) is 64.4 Å². The van der Waals surface area contributed by atoms with Crippen LogP contribution in [0.1, 0.15) is 47.4 Å². The summed E-state index contributed by atoms with van der Waals surface area (Å²) >= 11 is 8.15. The van der Waals surface area contributed by atoms with Crippen LogP contribution in [0.5, 0.6) is 0 Å². The summed E-state index contributed by atoms with van der Waals surface area (Å²) in [6.07, 6.45) is 3.87. The molecular weight excluding hydrogens is 500 g/mol. The Morgan fingerprint density at radius 3 is 2.41 bits per heavy atom. The lowest BCUT2D eigenvalue weighted by atomic mass is 9.73. The van der Waals surface area contributed by atoms with Crippen molar-refractivity contribution in [2.24, 2.45) is 0 Å². The van der Waals surface area contributed by atoms with Gasteiger partial charge >= 0.3 is 0 Å². The van der Waals surface area contributed by atoms with E-state index >= 15 is 0 Å². The van der Waals surface area contributed by atoms with Crippen molar-refractivity contribution in [1.29, 1.82) is 5.41 Å². The zero-order valence-electron chi connectivity index (χ0n) is 21.1. The van der Waals surface area contributed by atoms with E-state index in [4.69, 9.17) is 11.6 Å². The van der Waals surface area contributed by atoms with Gasteiger partial charge in [0.1, 0.15) is 11.6 Å². The van der Waals surface area contributed by atoms with Crippen LogP contribution in [0, 0.1) is 19.3 Å². The smallest absolute Gasteiger partial charge is 0.161 e. The van der Waals surface area contributed by atoms with Gasteiger partial charge in [0.2, 0.25) is 0 Å². The minimum atomic E-state index is -0.539. The summed E-state index contributed by atoms with van der Waals surface area (Å²) in [6, 6.07) is 21.3. The van der Waals surface area contributed by atoms with E-state index in [2.05, 4.69) is 0 Å². The van der Waals surface area contributed by atoms with Crippen molar-refractivity contribution in [3.8, 4) is 0 Å². The number of nitrogens with one attached hydrogen (secondary N) is 1. The number of anilines is 1. The van der Waals surface area contributed by atoms with E-state index in [1.165, 1.54) is 0 Å². The van der Waals surface area contributed by atoms with Gasteiger partial charge in [-0.2, -0.15) is 0 Å². The SMILES string of the molecule is CSc1ccc(C2C3=C(CCCC3=O)N(c3cccc(Cl)c3C)C(=N)/C2=C(/O)c2ccc(C)cc2)cc1. The van der Waals surface area contributed by atoms with E-state index in [1.807, 2.05) is 91.7 Å². The van der Waals surface area contributed by atoms with Crippen molar-refractivity contribution in [1.82, 2.24) is 0 Å². The molecule has 1 aliphatic carbocycles. The van der Waals surface area contributed by atoms with Gasteiger partial charge in [0, 0.05) is 44.7 Å². The highest BCUT2D eigenvalue weighted by Gasteiger charge is 2.43. The van der Waals surface area contributed by atoms with Crippen molar-refractivity contribution in [3.05, 3.63) is 111 Å². The van der Waals surface area contributed by atoms with Crippen molar-refractivity contribution in [2.75, 3.05) is 11.2 Å². The molecule has 2 N–H and O–H groups in total. The van der Waals surface area contributed by atoms with E-state index in [0.29, 0.717) is 34.6 Å². The molecule has 5 rings (SSSR count). The first-order valence-corrected chi connectivity index (χ1v) is 14.0. The number of aryl methyl sites for hydroxylation is 1.